The first kappa shape index (κ1) is 19.6. The highest BCUT2D eigenvalue weighted by atomic mass is 16.8. The number of carbonyl (C=O) groups is 1. The topological polar surface area (TPSA) is 109 Å². The number of esters is 1. The number of rotatable bonds is 4. The van der Waals surface area contributed by atoms with Gasteiger partial charge in [0.2, 0.25) is 0 Å². The zero-order valence-electron chi connectivity index (χ0n) is 16.3. The minimum absolute atomic E-state index is 0.0675. The Balaban J connectivity index is 1.57. The lowest BCUT2D eigenvalue weighted by molar-refractivity contribution is -0.200. The van der Waals surface area contributed by atoms with Gasteiger partial charge in [0, 0.05) is 11.8 Å². The van der Waals surface area contributed by atoms with Crippen LogP contribution in [-0.2, 0) is 18.9 Å². The Bertz CT molecular complexity index is 1030. The van der Waals surface area contributed by atoms with E-state index in [0.29, 0.717) is 11.1 Å². The molecule has 2 aromatic rings. The number of fused-ring (bicyclic) bond motifs is 1. The Hall–Kier alpha value is -2.75. The Kier molecular flexibility index (Phi) is 4.89. The summed E-state index contributed by atoms with van der Waals surface area (Å²) in [4.78, 5) is 38.5. The summed E-state index contributed by atoms with van der Waals surface area (Å²) in [6.45, 7) is 5.05. The molecule has 2 aliphatic heterocycles. The first-order valence-electron chi connectivity index (χ1n) is 9.30. The lowest BCUT2D eigenvalue weighted by atomic mass is 10.1. The van der Waals surface area contributed by atoms with E-state index in [-0.39, 0.29) is 6.61 Å². The van der Waals surface area contributed by atoms with Gasteiger partial charge in [-0.1, -0.05) is 18.2 Å². The fourth-order valence-corrected chi connectivity index (χ4v) is 3.61. The van der Waals surface area contributed by atoms with Crippen LogP contribution in [-0.4, -0.2) is 46.2 Å². The van der Waals surface area contributed by atoms with E-state index < -0.39 is 47.5 Å². The smallest absolute Gasteiger partial charge is 0.338 e. The quantitative estimate of drug-likeness (QED) is 0.764. The summed E-state index contributed by atoms with van der Waals surface area (Å²) in [5.41, 5.74) is -0.283. The number of aromatic nitrogens is 2. The average Bonchev–Trinajstić information content (AvgIpc) is 3.16. The van der Waals surface area contributed by atoms with E-state index in [1.165, 1.54) is 10.8 Å². The fraction of sp³-hybridized carbons (Fsp3) is 0.450. The molecule has 0 unspecified atom stereocenters. The second kappa shape index (κ2) is 7.25. The van der Waals surface area contributed by atoms with Crippen LogP contribution < -0.4 is 11.2 Å². The summed E-state index contributed by atoms with van der Waals surface area (Å²) in [7, 11) is 0. The first-order chi connectivity index (χ1) is 13.7. The molecule has 2 saturated heterocycles. The van der Waals surface area contributed by atoms with Gasteiger partial charge in [-0.25, -0.2) is 9.59 Å². The van der Waals surface area contributed by atoms with Crippen LogP contribution in [0.1, 0.15) is 36.0 Å². The molecule has 4 atom stereocenters. The predicted octanol–water partition coefficient (Wildman–Crippen LogP) is 1.12. The van der Waals surface area contributed by atoms with Gasteiger partial charge >= 0.3 is 11.7 Å². The second-order valence-corrected chi connectivity index (χ2v) is 7.57. The number of aromatic amines is 1. The van der Waals surface area contributed by atoms with Gasteiger partial charge in [-0.2, -0.15) is 0 Å². The van der Waals surface area contributed by atoms with Crippen LogP contribution in [0, 0.1) is 6.92 Å². The van der Waals surface area contributed by atoms with Crippen molar-refractivity contribution >= 4 is 5.97 Å². The molecule has 9 nitrogen and oxygen atoms in total. The molecule has 1 N–H and O–H groups in total. The number of hydrogen-bond donors (Lipinski definition) is 1. The van der Waals surface area contributed by atoms with Crippen LogP contribution >= 0.6 is 0 Å². The SMILES string of the molecule is Cc1cn([C@@H]2O[C@@H](COC(=O)c3ccccc3)[C@H]3OC(C)(C)O[C@@H]32)c(=O)[nH]c1=O. The Morgan fingerprint density at radius 1 is 1.17 bits per heavy atom. The fourth-order valence-electron chi connectivity index (χ4n) is 3.61. The zero-order valence-corrected chi connectivity index (χ0v) is 16.3. The zero-order chi connectivity index (χ0) is 20.8. The van der Waals surface area contributed by atoms with Gasteiger partial charge in [-0.3, -0.25) is 14.3 Å². The molecule has 29 heavy (non-hydrogen) atoms. The number of H-pyrrole nitrogens is 1. The monoisotopic (exact) mass is 402 g/mol. The van der Waals surface area contributed by atoms with Crippen LogP contribution in [0.5, 0.6) is 0 Å². The van der Waals surface area contributed by atoms with Crippen molar-refractivity contribution < 1.29 is 23.7 Å². The van der Waals surface area contributed by atoms with Gasteiger partial charge in [-0.15, -0.1) is 0 Å². The minimum Gasteiger partial charge on any atom is -0.459 e. The van der Waals surface area contributed by atoms with E-state index >= 15 is 0 Å². The minimum atomic E-state index is -0.889. The van der Waals surface area contributed by atoms with Gasteiger partial charge in [-0.05, 0) is 32.9 Å². The third kappa shape index (κ3) is 3.76. The summed E-state index contributed by atoms with van der Waals surface area (Å²) >= 11 is 0. The van der Waals surface area contributed by atoms with Crippen molar-refractivity contribution in [3.63, 3.8) is 0 Å². The van der Waals surface area contributed by atoms with Crippen molar-refractivity contribution in [2.45, 2.75) is 51.1 Å². The van der Waals surface area contributed by atoms with E-state index in [4.69, 9.17) is 18.9 Å². The maximum atomic E-state index is 12.3. The maximum absolute atomic E-state index is 12.3. The number of benzene rings is 1. The van der Waals surface area contributed by atoms with E-state index in [1.807, 2.05) is 6.07 Å². The van der Waals surface area contributed by atoms with Gasteiger partial charge in [0.1, 0.15) is 24.9 Å². The van der Waals surface area contributed by atoms with Crippen molar-refractivity contribution in [1.29, 1.82) is 0 Å². The number of nitrogens with one attached hydrogen (secondary N) is 1. The van der Waals surface area contributed by atoms with Crippen LogP contribution in [0.2, 0.25) is 0 Å². The molecule has 0 aliphatic carbocycles. The molecule has 9 heteroatoms. The molecular weight excluding hydrogens is 380 g/mol. The molecule has 1 aromatic carbocycles. The lowest BCUT2D eigenvalue weighted by Gasteiger charge is -2.25. The molecule has 2 fully saturated rings. The average molecular weight is 402 g/mol. The van der Waals surface area contributed by atoms with Gasteiger partial charge in [0.05, 0.1) is 5.56 Å². The number of hydrogen-bond acceptors (Lipinski definition) is 7. The summed E-state index contributed by atoms with van der Waals surface area (Å²) < 4.78 is 24.6. The van der Waals surface area contributed by atoms with Crippen molar-refractivity contribution in [2.75, 3.05) is 6.61 Å². The van der Waals surface area contributed by atoms with Crippen molar-refractivity contribution in [3.05, 3.63) is 68.5 Å². The van der Waals surface area contributed by atoms with E-state index in [9.17, 15) is 14.4 Å². The van der Waals surface area contributed by atoms with Crippen LogP contribution in [0.3, 0.4) is 0 Å². The summed E-state index contributed by atoms with van der Waals surface area (Å²) in [5, 5.41) is 0. The number of carbonyl (C=O) groups excluding carboxylic acids is 1. The van der Waals surface area contributed by atoms with E-state index in [0.717, 1.165) is 0 Å². The second-order valence-electron chi connectivity index (χ2n) is 7.57. The van der Waals surface area contributed by atoms with Crippen molar-refractivity contribution in [3.8, 4) is 0 Å². The lowest BCUT2D eigenvalue weighted by Crippen LogP contribution is -2.38. The summed E-state index contributed by atoms with van der Waals surface area (Å²) in [5.74, 6) is -1.37. The summed E-state index contributed by atoms with van der Waals surface area (Å²) in [6.07, 6.45) is -1.19. The molecule has 154 valence electrons. The largest absolute Gasteiger partial charge is 0.459 e. The summed E-state index contributed by atoms with van der Waals surface area (Å²) in [6, 6.07) is 8.61. The predicted molar refractivity (Wildman–Crippen MR) is 101 cm³/mol. The third-order valence-electron chi connectivity index (χ3n) is 4.93. The van der Waals surface area contributed by atoms with Crippen LogP contribution in [0.25, 0.3) is 0 Å². The van der Waals surface area contributed by atoms with Crippen LogP contribution in [0.4, 0.5) is 0 Å². The molecule has 2 aliphatic rings. The molecule has 0 spiro atoms. The molecular formula is C20H22N2O7. The number of ether oxygens (including phenoxy) is 4. The van der Waals surface area contributed by atoms with E-state index in [1.54, 1.807) is 45.0 Å². The Morgan fingerprint density at radius 3 is 2.59 bits per heavy atom. The normalized spacial score (nSPS) is 27.6. The van der Waals surface area contributed by atoms with Gasteiger partial charge < -0.3 is 18.9 Å². The molecule has 3 heterocycles. The third-order valence-corrected chi connectivity index (χ3v) is 4.93. The number of nitrogens with zero attached hydrogens (tertiary/aromatic N) is 1. The molecule has 0 amide bonds. The van der Waals surface area contributed by atoms with Gasteiger partial charge in [0.15, 0.2) is 12.0 Å². The first-order valence-corrected chi connectivity index (χ1v) is 9.30. The highest BCUT2D eigenvalue weighted by molar-refractivity contribution is 5.89. The molecule has 0 bridgehead atoms. The number of aryl methyl sites for hydroxylation is 1. The highest BCUT2D eigenvalue weighted by Crippen LogP contribution is 2.42. The molecule has 0 saturated carbocycles. The Labute approximate surface area is 166 Å². The molecule has 0 radical (unpaired) electrons. The van der Waals surface area contributed by atoms with Crippen LogP contribution in [0.15, 0.2) is 46.1 Å². The molecule has 4 rings (SSSR count). The van der Waals surface area contributed by atoms with Crippen molar-refractivity contribution in [2.24, 2.45) is 0 Å². The highest BCUT2D eigenvalue weighted by Gasteiger charge is 2.56. The molecule has 1 aromatic heterocycles. The van der Waals surface area contributed by atoms with E-state index in [2.05, 4.69) is 4.98 Å². The van der Waals surface area contributed by atoms with Crippen molar-refractivity contribution in [1.82, 2.24) is 9.55 Å². The van der Waals surface area contributed by atoms with Gasteiger partial charge in [0.25, 0.3) is 5.56 Å². The Morgan fingerprint density at radius 2 is 1.86 bits per heavy atom. The standard InChI is InChI=1S/C20H22N2O7/c1-11-9-22(19(25)21-16(11)23)17-15-14(28-20(2,3)29-15)13(27-17)10-26-18(24)12-7-5-4-6-8-12/h4-9,13-15,17H,10H2,1-3H3,(H,21,23,25)/t13-,14+,15-,17+/m0/s1. The maximum Gasteiger partial charge on any atom is 0.338 e.